The summed E-state index contributed by atoms with van der Waals surface area (Å²) in [4.78, 5) is 25.5. The molecule has 1 fully saturated rings. The Bertz CT molecular complexity index is 975. The monoisotopic (exact) mass is 405 g/mol. The first-order valence-electron chi connectivity index (χ1n) is 8.73. The van der Waals surface area contributed by atoms with Gasteiger partial charge in [-0.3, -0.25) is 14.3 Å². The van der Waals surface area contributed by atoms with E-state index in [1.54, 1.807) is 4.90 Å². The van der Waals surface area contributed by atoms with E-state index in [0.29, 0.717) is 24.9 Å². The molecule has 1 heterocycles. The number of amides is 2. The smallest absolute Gasteiger partial charge is 0.261 e. The summed E-state index contributed by atoms with van der Waals surface area (Å²) in [5.74, 6) is -1.53. The molecular weight excluding hydrogens is 385 g/mol. The van der Waals surface area contributed by atoms with Gasteiger partial charge in [0.05, 0.1) is 10.8 Å². The van der Waals surface area contributed by atoms with Crippen molar-refractivity contribution in [3.63, 3.8) is 0 Å². The molecule has 0 aliphatic carbocycles. The van der Waals surface area contributed by atoms with Crippen molar-refractivity contribution in [3.8, 4) is 0 Å². The molecule has 1 unspecified atom stereocenters. The second-order valence-corrected chi connectivity index (χ2v) is 8.31. The predicted octanol–water partition coefficient (Wildman–Crippen LogP) is 1.96. The van der Waals surface area contributed by atoms with E-state index < -0.39 is 21.7 Å². The van der Waals surface area contributed by atoms with Gasteiger partial charge in [-0.25, -0.2) is 12.8 Å². The lowest BCUT2D eigenvalue weighted by atomic mass is 9.97. The molecule has 3 N–H and O–H groups in total. The number of hydrogen-bond donors (Lipinski definition) is 2. The summed E-state index contributed by atoms with van der Waals surface area (Å²) in [6.45, 7) is 0.828. The number of carbonyl (C=O) groups excluding carboxylic acids is 2. The molecule has 1 aliphatic heterocycles. The number of carbonyl (C=O) groups is 2. The minimum atomic E-state index is -3.86. The summed E-state index contributed by atoms with van der Waals surface area (Å²) < 4.78 is 40.0. The van der Waals surface area contributed by atoms with Crippen LogP contribution in [0, 0.1) is 11.7 Å². The molecule has 0 saturated carbocycles. The molecular formula is C19H20FN3O4S. The lowest BCUT2D eigenvalue weighted by Gasteiger charge is -2.31. The van der Waals surface area contributed by atoms with Gasteiger partial charge in [-0.15, -0.1) is 0 Å². The maximum Gasteiger partial charge on any atom is 0.261 e. The van der Waals surface area contributed by atoms with Crippen molar-refractivity contribution >= 4 is 27.5 Å². The van der Waals surface area contributed by atoms with Crippen molar-refractivity contribution in [1.29, 1.82) is 0 Å². The highest BCUT2D eigenvalue weighted by atomic mass is 32.2. The molecule has 1 aliphatic rings. The van der Waals surface area contributed by atoms with Crippen molar-refractivity contribution in [2.75, 3.05) is 17.8 Å². The van der Waals surface area contributed by atoms with Crippen LogP contribution >= 0.6 is 0 Å². The number of primary amides is 1. The first-order valence-corrected chi connectivity index (χ1v) is 10.2. The average Bonchev–Trinajstić information content (AvgIpc) is 2.68. The van der Waals surface area contributed by atoms with Gasteiger partial charge in [0, 0.05) is 24.3 Å². The molecule has 0 spiro atoms. The largest absolute Gasteiger partial charge is 0.369 e. The van der Waals surface area contributed by atoms with E-state index in [4.69, 9.17) is 5.73 Å². The fraction of sp³-hybridized carbons (Fsp3) is 0.263. The Morgan fingerprint density at radius 1 is 1.07 bits per heavy atom. The molecule has 0 radical (unpaired) electrons. The normalized spacial score (nSPS) is 17.2. The Morgan fingerprint density at radius 2 is 1.71 bits per heavy atom. The van der Waals surface area contributed by atoms with E-state index in [1.807, 2.05) is 0 Å². The molecule has 148 valence electrons. The lowest BCUT2D eigenvalue weighted by Crippen LogP contribution is -2.44. The third-order valence-electron chi connectivity index (χ3n) is 4.62. The van der Waals surface area contributed by atoms with Gasteiger partial charge < -0.3 is 10.6 Å². The molecule has 2 aromatic carbocycles. The van der Waals surface area contributed by atoms with Crippen LogP contribution in [0.2, 0.25) is 0 Å². The quantitative estimate of drug-likeness (QED) is 0.792. The molecule has 7 nitrogen and oxygen atoms in total. The highest BCUT2D eigenvalue weighted by molar-refractivity contribution is 7.92. The second-order valence-electron chi connectivity index (χ2n) is 6.63. The number of nitrogens with two attached hydrogens (primary N) is 1. The number of nitrogens with one attached hydrogen (secondary N) is 1. The SMILES string of the molecule is NC(=O)C1CCCN(C(=O)c2ccc(NS(=O)(=O)c3ccc(F)cc3)cc2)C1. The van der Waals surface area contributed by atoms with Crippen molar-refractivity contribution in [2.45, 2.75) is 17.7 Å². The summed E-state index contributed by atoms with van der Waals surface area (Å²) in [5.41, 5.74) is 6.00. The second kappa shape index (κ2) is 7.97. The highest BCUT2D eigenvalue weighted by Crippen LogP contribution is 2.21. The third-order valence-corrected chi connectivity index (χ3v) is 6.02. The van der Waals surface area contributed by atoms with E-state index in [2.05, 4.69) is 4.72 Å². The maximum absolute atomic E-state index is 13.0. The Hall–Kier alpha value is -2.94. The van der Waals surface area contributed by atoms with Gasteiger partial charge in [0.15, 0.2) is 0 Å². The zero-order valence-corrected chi connectivity index (χ0v) is 15.8. The van der Waals surface area contributed by atoms with Crippen molar-refractivity contribution in [1.82, 2.24) is 4.90 Å². The van der Waals surface area contributed by atoms with Gasteiger partial charge in [-0.2, -0.15) is 0 Å². The molecule has 2 aromatic rings. The van der Waals surface area contributed by atoms with Crippen LogP contribution in [0.5, 0.6) is 0 Å². The minimum Gasteiger partial charge on any atom is -0.369 e. The molecule has 2 amide bonds. The first-order chi connectivity index (χ1) is 13.3. The van der Waals surface area contributed by atoms with Crippen LogP contribution in [0.4, 0.5) is 10.1 Å². The summed E-state index contributed by atoms with van der Waals surface area (Å²) in [7, 11) is -3.86. The fourth-order valence-corrected chi connectivity index (χ4v) is 4.14. The van der Waals surface area contributed by atoms with Crippen molar-refractivity contribution in [3.05, 3.63) is 59.9 Å². The van der Waals surface area contributed by atoms with Crippen LogP contribution in [0.15, 0.2) is 53.4 Å². The topological polar surface area (TPSA) is 110 Å². The van der Waals surface area contributed by atoms with Crippen LogP contribution in [0.1, 0.15) is 23.2 Å². The molecule has 28 heavy (non-hydrogen) atoms. The Balaban J connectivity index is 1.70. The molecule has 9 heteroatoms. The summed E-state index contributed by atoms with van der Waals surface area (Å²) >= 11 is 0. The van der Waals surface area contributed by atoms with Gasteiger partial charge >= 0.3 is 0 Å². The van der Waals surface area contributed by atoms with Gasteiger partial charge in [-0.05, 0) is 61.4 Å². The van der Waals surface area contributed by atoms with E-state index in [1.165, 1.54) is 36.4 Å². The molecule has 1 atom stereocenters. The Morgan fingerprint density at radius 3 is 2.32 bits per heavy atom. The standard InChI is InChI=1S/C19H20FN3O4S/c20-15-5-9-17(10-6-15)28(26,27)22-16-7-3-13(4-8-16)19(25)23-11-1-2-14(12-23)18(21)24/h3-10,14,22H,1-2,11-12H2,(H2,21,24). The van der Waals surface area contributed by atoms with E-state index >= 15 is 0 Å². The molecule has 3 rings (SSSR count). The zero-order chi connectivity index (χ0) is 20.3. The number of benzene rings is 2. The molecule has 0 aromatic heterocycles. The van der Waals surface area contributed by atoms with E-state index in [0.717, 1.165) is 12.1 Å². The van der Waals surface area contributed by atoms with Gasteiger partial charge in [-0.1, -0.05) is 0 Å². The van der Waals surface area contributed by atoms with Crippen molar-refractivity contribution < 1.29 is 22.4 Å². The van der Waals surface area contributed by atoms with Crippen LogP contribution in [0.3, 0.4) is 0 Å². The van der Waals surface area contributed by atoms with Crippen LogP contribution < -0.4 is 10.5 Å². The number of likely N-dealkylation sites (tertiary alicyclic amines) is 1. The zero-order valence-electron chi connectivity index (χ0n) is 15.0. The summed E-state index contributed by atoms with van der Waals surface area (Å²) in [5, 5.41) is 0. The van der Waals surface area contributed by atoms with Gasteiger partial charge in [0.25, 0.3) is 15.9 Å². The fourth-order valence-electron chi connectivity index (χ4n) is 3.09. The van der Waals surface area contributed by atoms with Crippen LogP contribution in [0.25, 0.3) is 0 Å². The lowest BCUT2D eigenvalue weighted by molar-refractivity contribution is -0.123. The first kappa shape index (κ1) is 19.8. The van der Waals surface area contributed by atoms with Crippen LogP contribution in [-0.2, 0) is 14.8 Å². The van der Waals surface area contributed by atoms with Crippen molar-refractivity contribution in [2.24, 2.45) is 11.7 Å². The van der Waals surface area contributed by atoms with Crippen LogP contribution in [-0.4, -0.2) is 38.2 Å². The predicted molar refractivity (Wildman–Crippen MR) is 101 cm³/mol. The number of sulfonamides is 1. The Kier molecular flexibility index (Phi) is 5.64. The highest BCUT2D eigenvalue weighted by Gasteiger charge is 2.27. The average molecular weight is 405 g/mol. The maximum atomic E-state index is 13.0. The number of hydrogen-bond acceptors (Lipinski definition) is 4. The number of anilines is 1. The number of nitrogens with zero attached hydrogens (tertiary/aromatic N) is 1. The van der Waals surface area contributed by atoms with Gasteiger partial charge in [0.1, 0.15) is 5.82 Å². The minimum absolute atomic E-state index is 0.0696. The van der Waals surface area contributed by atoms with E-state index in [-0.39, 0.29) is 29.0 Å². The van der Waals surface area contributed by atoms with Gasteiger partial charge in [0.2, 0.25) is 5.91 Å². The molecule has 1 saturated heterocycles. The number of rotatable bonds is 5. The Labute approximate surface area is 162 Å². The van der Waals surface area contributed by atoms with E-state index in [9.17, 15) is 22.4 Å². The molecule has 0 bridgehead atoms. The summed E-state index contributed by atoms with van der Waals surface area (Å²) in [6, 6.07) is 10.4. The number of piperidine rings is 1. The third kappa shape index (κ3) is 4.48. The number of halogens is 1. The summed E-state index contributed by atoms with van der Waals surface area (Å²) in [6.07, 6.45) is 1.37.